The number of nitrogens with zero attached hydrogens (tertiary/aromatic N) is 2. The van der Waals surface area contributed by atoms with Crippen LogP contribution in [0.4, 0.5) is 0 Å². The van der Waals surface area contributed by atoms with E-state index in [4.69, 9.17) is 0 Å². The molecule has 0 bridgehead atoms. The molecule has 0 spiro atoms. The molecule has 13 heavy (non-hydrogen) atoms. The fourth-order valence-corrected chi connectivity index (χ4v) is 4.46. The number of fused-ring (bicyclic) bond motifs is 3. The molecular formula is C10H9IN2+2. The molecule has 0 N–H and O–H groups in total. The second-order valence-electron chi connectivity index (χ2n) is 3.07. The summed E-state index contributed by atoms with van der Waals surface area (Å²) in [5.74, 6) is 0. The number of benzene rings is 1. The minimum absolute atomic E-state index is 0.0657. The van der Waals surface area contributed by atoms with Gasteiger partial charge in [-0.15, -0.1) is 4.68 Å². The zero-order valence-electron chi connectivity index (χ0n) is 7.24. The van der Waals surface area contributed by atoms with E-state index in [0.717, 1.165) is 0 Å². The van der Waals surface area contributed by atoms with Crippen LogP contribution in [-0.4, -0.2) is 4.68 Å². The van der Waals surface area contributed by atoms with E-state index in [2.05, 4.69) is 52.9 Å². The number of aryl methyl sites for hydroxylation is 1. The first-order chi connectivity index (χ1) is 6.36. The molecule has 2 aromatic rings. The van der Waals surface area contributed by atoms with Crippen molar-refractivity contribution in [3.63, 3.8) is 0 Å². The Kier molecular flexibility index (Phi) is 1.49. The second kappa shape index (κ2) is 2.57. The van der Waals surface area contributed by atoms with Crippen LogP contribution in [0.5, 0.6) is 0 Å². The second-order valence-corrected chi connectivity index (χ2v) is 5.88. The predicted molar refractivity (Wildman–Crippen MR) is 44.3 cm³/mol. The molecule has 0 saturated carbocycles. The first-order valence-corrected chi connectivity index (χ1v) is 6.34. The summed E-state index contributed by atoms with van der Waals surface area (Å²) < 4.78 is 7.48. The zero-order chi connectivity index (χ0) is 8.84. The molecule has 3 rings (SSSR count). The Hall–Kier alpha value is -0.840. The van der Waals surface area contributed by atoms with E-state index in [1.165, 1.54) is 13.0 Å². The van der Waals surface area contributed by atoms with Crippen molar-refractivity contribution >= 4 is 0 Å². The summed E-state index contributed by atoms with van der Waals surface area (Å²) in [6.45, 7) is 0. The quantitative estimate of drug-likeness (QED) is 0.326. The van der Waals surface area contributed by atoms with Gasteiger partial charge in [0, 0.05) is 0 Å². The number of para-hydroxylation sites is 1. The van der Waals surface area contributed by atoms with Crippen LogP contribution < -0.4 is 25.9 Å². The van der Waals surface area contributed by atoms with Crippen LogP contribution >= 0.6 is 0 Å². The highest BCUT2D eigenvalue weighted by Crippen LogP contribution is 2.06. The Morgan fingerprint density at radius 3 is 3.00 bits per heavy atom. The minimum Gasteiger partial charge on any atom is -0.109 e. The molecule has 0 saturated heterocycles. The fourth-order valence-electron chi connectivity index (χ4n) is 1.62. The topological polar surface area (TPSA) is 8.81 Å². The maximum absolute atomic E-state index is 2.31. The van der Waals surface area contributed by atoms with Crippen LogP contribution in [0.2, 0.25) is 0 Å². The average molecular weight is 284 g/mol. The molecule has 1 aliphatic rings. The van der Waals surface area contributed by atoms with Gasteiger partial charge in [-0.3, -0.25) is 0 Å². The van der Waals surface area contributed by atoms with Crippen LogP contribution in [0.3, 0.4) is 0 Å². The standard InChI is InChI=1S/C10H9IN2/c1-12-7-6-10-11-8-4-2-3-5-9(8)13(10)12/h2-7H,1H3/q+2. The van der Waals surface area contributed by atoms with Gasteiger partial charge in [0.1, 0.15) is 0 Å². The Morgan fingerprint density at radius 2 is 2.08 bits per heavy atom. The summed E-state index contributed by atoms with van der Waals surface area (Å²) in [7, 11) is 2.09. The lowest BCUT2D eigenvalue weighted by Crippen LogP contribution is -3.61. The molecule has 2 nitrogen and oxygen atoms in total. The maximum Gasteiger partial charge on any atom is 0.386 e. The molecule has 1 aromatic carbocycles. The van der Waals surface area contributed by atoms with Crippen molar-refractivity contribution in [2.75, 3.05) is 0 Å². The first-order valence-electron chi connectivity index (χ1n) is 4.18. The number of aromatic nitrogens is 2. The highest BCUT2D eigenvalue weighted by Gasteiger charge is 2.38. The third-order valence-corrected chi connectivity index (χ3v) is 5.09. The molecule has 0 atom stereocenters. The summed E-state index contributed by atoms with van der Waals surface area (Å²) >= 11 is 0.0657. The van der Waals surface area contributed by atoms with Crippen LogP contribution in [-0.2, 0) is 7.05 Å². The van der Waals surface area contributed by atoms with Gasteiger partial charge in [0.05, 0.1) is 6.07 Å². The molecule has 64 valence electrons. The van der Waals surface area contributed by atoms with Crippen LogP contribution in [0.15, 0.2) is 36.5 Å². The Bertz CT molecular complexity index is 474. The monoisotopic (exact) mass is 284 g/mol. The highest BCUT2D eigenvalue weighted by molar-refractivity contribution is 5.30. The van der Waals surface area contributed by atoms with Crippen molar-refractivity contribution in [3.8, 4) is 5.69 Å². The van der Waals surface area contributed by atoms with Gasteiger partial charge in [0.15, 0.2) is 12.7 Å². The minimum atomic E-state index is 0.0657. The van der Waals surface area contributed by atoms with Crippen LogP contribution in [0, 0.1) is 7.27 Å². The average Bonchev–Trinajstić information content (AvgIpc) is 2.66. The van der Waals surface area contributed by atoms with Gasteiger partial charge in [-0.05, 0) is 12.1 Å². The van der Waals surface area contributed by atoms with E-state index in [9.17, 15) is 0 Å². The Morgan fingerprint density at radius 1 is 1.23 bits per heavy atom. The van der Waals surface area contributed by atoms with Crippen LogP contribution in [0.1, 0.15) is 0 Å². The number of hydrogen-bond donors (Lipinski definition) is 0. The van der Waals surface area contributed by atoms with Crippen molar-refractivity contribution in [3.05, 3.63) is 43.8 Å². The van der Waals surface area contributed by atoms with Gasteiger partial charge in [-0.2, -0.15) is 0 Å². The fraction of sp³-hybridized carbons (Fsp3) is 0.100. The van der Waals surface area contributed by atoms with Crippen molar-refractivity contribution in [1.82, 2.24) is 4.68 Å². The summed E-state index contributed by atoms with van der Waals surface area (Å²) in [5, 5.41) is 0. The maximum atomic E-state index is 2.31. The number of rotatable bonds is 0. The van der Waals surface area contributed by atoms with Crippen molar-refractivity contribution in [2.45, 2.75) is 0 Å². The van der Waals surface area contributed by atoms with Crippen molar-refractivity contribution in [1.29, 1.82) is 0 Å². The lowest BCUT2D eigenvalue weighted by atomic mass is 10.3. The molecule has 0 unspecified atom stereocenters. The van der Waals surface area contributed by atoms with Gasteiger partial charge in [0.25, 0.3) is 0 Å². The zero-order valence-corrected chi connectivity index (χ0v) is 9.39. The number of hydrogen-bond acceptors (Lipinski definition) is 0. The third-order valence-electron chi connectivity index (χ3n) is 2.22. The normalized spacial score (nSPS) is 12.7. The molecular weight excluding hydrogens is 275 g/mol. The molecule has 1 aromatic heterocycles. The van der Waals surface area contributed by atoms with Gasteiger partial charge >= 0.3 is 24.9 Å². The van der Waals surface area contributed by atoms with Crippen molar-refractivity contribution < 1.29 is 25.9 Å². The first kappa shape index (κ1) is 7.55. The summed E-state index contributed by atoms with van der Waals surface area (Å²) in [6.07, 6.45) is 2.13. The van der Waals surface area contributed by atoms with Crippen molar-refractivity contribution in [2.24, 2.45) is 7.05 Å². The molecule has 2 heterocycles. The van der Waals surface area contributed by atoms with E-state index in [-0.39, 0.29) is 21.2 Å². The lowest BCUT2D eigenvalue weighted by Gasteiger charge is -1.91. The molecule has 0 radical (unpaired) electrons. The number of halogens is 1. The lowest BCUT2D eigenvalue weighted by molar-refractivity contribution is -0.753. The summed E-state index contributed by atoms with van der Waals surface area (Å²) in [4.78, 5) is 0. The van der Waals surface area contributed by atoms with E-state index < -0.39 is 0 Å². The van der Waals surface area contributed by atoms with E-state index in [1.54, 1.807) is 0 Å². The van der Waals surface area contributed by atoms with Gasteiger partial charge in [-0.25, -0.2) is 0 Å². The van der Waals surface area contributed by atoms with Crippen LogP contribution in [0.25, 0.3) is 5.69 Å². The van der Waals surface area contributed by atoms with E-state index in [0.29, 0.717) is 0 Å². The SMILES string of the molecule is C[n+]1ccc2n1-c1ccccc1[I+]2. The van der Waals surface area contributed by atoms with E-state index >= 15 is 0 Å². The third kappa shape index (κ3) is 0.964. The Balaban J connectivity index is 2.35. The molecule has 0 amide bonds. The molecule has 1 aliphatic heterocycles. The summed E-state index contributed by atoms with van der Waals surface area (Å²) in [5.41, 5.74) is 1.37. The smallest absolute Gasteiger partial charge is 0.109 e. The largest absolute Gasteiger partial charge is 0.386 e. The molecule has 0 aliphatic carbocycles. The molecule has 3 heteroatoms. The Labute approximate surface area is 87.1 Å². The van der Waals surface area contributed by atoms with Gasteiger partial charge < -0.3 is 0 Å². The predicted octanol–water partition coefficient (Wildman–Crippen LogP) is -2.26. The molecule has 0 fully saturated rings. The van der Waals surface area contributed by atoms with Gasteiger partial charge in [-0.1, -0.05) is 16.8 Å². The van der Waals surface area contributed by atoms with E-state index in [1.807, 2.05) is 0 Å². The summed E-state index contributed by atoms with van der Waals surface area (Å²) in [6, 6.07) is 10.9. The van der Waals surface area contributed by atoms with Gasteiger partial charge in [0.2, 0.25) is 9.77 Å². The highest BCUT2D eigenvalue weighted by atomic mass is 127.